The molecule has 0 N–H and O–H groups in total. The Labute approximate surface area is 164 Å². The molecule has 1 aliphatic carbocycles. The van der Waals surface area contributed by atoms with Gasteiger partial charge in [-0.2, -0.15) is 0 Å². The highest BCUT2D eigenvalue weighted by Gasteiger charge is 2.14. The minimum atomic E-state index is -0.245. The summed E-state index contributed by atoms with van der Waals surface area (Å²) in [7, 11) is 0. The molecule has 1 nitrogen and oxygen atoms in total. The van der Waals surface area contributed by atoms with Crippen LogP contribution in [0.5, 0.6) is 0 Å². The monoisotopic (exact) mass is 385 g/mol. The SMILES string of the molecule is Fc1cccc(N=C(C=CSc2ccccc2)SCC2CCCCC2)c1. The third-order valence-corrected chi connectivity index (χ3v) is 6.37. The molecule has 0 atom stereocenters. The zero-order valence-electron chi connectivity index (χ0n) is 14.8. The lowest BCUT2D eigenvalue weighted by Crippen LogP contribution is -2.09. The first-order valence-corrected chi connectivity index (χ1v) is 11.0. The average Bonchev–Trinajstić information content (AvgIpc) is 2.68. The Balaban J connectivity index is 1.67. The molecule has 0 amide bonds. The van der Waals surface area contributed by atoms with E-state index in [2.05, 4.69) is 28.6 Å². The van der Waals surface area contributed by atoms with Crippen LogP contribution in [0, 0.1) is 11.7 Å². The molecule has 0 saturated heterocycles. The Morgan fingerprint density at radius 3 is 2.62 bits per heavy atom. The van der Waals surface area contributed by atoms with E-state index in [4.69, 9.17) is 0 Å². The molecule has 1 fully saturated rings. The smallest absolute Gasteiger partial charge is 0.125 e. The van der Waals surface area contributed by atoms with Crippen LogP contribution in [0.2, 0.25) is 0 Å². The average molecular weight is 386 g/mol. The summed E-state index contributed by atoms with van der Waals surface area (Å²) in [6.07, 6.45) is 8.77. The van der Waals surface area contributed by atoms with Crippen molar-refractivity contribution in [3.63, 3.8) is 0 Å². The van der Waals surface area contributed by atoms with Crippen LogP contribution >= 0.6 is 23.5 Å². The summed E-state index contributed by atoms with van der Waals surface area (Å²) in [5.41, 5.74) is 0.672. The minimum Gasteiger partial charge on any atom is -0.242 e. The number of nitrogens with zero attached hydrogens (tertiary/aromatic N) is 1. The molecule has 3 rings (SSSR count). The van der Waals surface area contributed by atoms with Gasteiger partial charge < -0.3 is 0 Å². The number of hydrogen-bond acceptors (Lipinski definition) is 3. The van der Waals surface area contributed by atoms with Crippen molar-refractivity contribution in [2.45, 2.75) is 37.0 Å². The fourth-order valence-electron chi connectivity index (χ4n) is 3.02. The van der Waals surface area contributed by atoms with Crippen molar-refractivity contribution in [1.82, 2.24) is 0 Å². The molecule has 1 saturated carbocycles. The van der Waals surface area contributed by atoms with Crippen LogP contribution in [0.4, 0.5) is 10.1 Å². The van der Waals surface area contributed by atoms with Crippen molar-refractivity contribution in [3.8, 4) is 0 Å². The zero-order valence-corrected chi connectivity index (χ0v) is 16.4. The lowest BCUT2D eigenvalue weighted by Gasteiger charge is -2.20. The summed E-state index contributed by atoms with van der Waals surface area (Å²) >= 11 is 3.47. The third kappa shape index (κ3) is 6.65. The highest BCUT2D eigenvalue weighted by Crippen LogP contribution is 2.29. The molecule has 0 aliphatic heterocycles. The summed E-state index contributed by atoms with van der Waals surface area (Å²) in [6.45, 7) is 0. The maximum absolute atomic E-state index is 13.5. The van der Waals surface area contributed by atoms with E-state index in [-0.39, 0.29) is 5.82 Å². The first-order valence-electron chi connectivity index (χ1n) is 9.15. The molecular weight excluding hydrogens is 361 g/mol. The fourth-order valence-corrected chi connectivity index (χ4v) is 4.85. The summed E-state index contributed by atoms with van der Waals surface area (Å²) in [4.78, 5) is 5.87. The highest BCUT2D eigenvalue weighted by molar-refractivity contribution is 8.14. The van der Waals surface area contributed by atoms with Crippen molar-refractivity contribution in [3.05, 3.63) is 71.9 Å². The van der Waals surface area contributed by atoms with Gasteiger partial charge in [-0.1, -0.05) is 55.3 Å². The van der Waals surface area contributed by atoms with Gasteiger partial charge in [-0.25, -0.2) is 9.38 Å². The molecule has 0 spiro atoms. The van der Waals surface area contributed by atoms with Crippen molar-refractivity contribution in [1.29, 1.82) is 0 Å². The molecular formula is C22H24FNS2. The first kappa shape index (κ1) is 19.2. The first-order chi connectivity index (χ1) is 12.8. The van der Waals surface area contributed by atoms with E-state index < -0.39 is 0 Å². The second-order valence-corrected chi connectivity index (χ2v) is 8.50. The van der Waals surface area contributed by atoms with Crippen molar-refractivity contribution >= 4 is 34.3 Å². The van der Waals surface area contributed by atoms with Gasteiger partial charge >= 0.3 is 0 Å². The van der Waals surface area contributed by atoms with E-state index in [1.807, 2.05) is 24.3 Å². The van der Waals surface area contributed by atoms with Crippen LogP contribution in [-0.2, 0) is 0 Å². The van der Waals surface area contributed by atoms with E-state index in [0.29, 0.717) is 5.69 Å². The van der Waals surface area contributed by atoms with Gasteiger partial charge in [-0.3, -0.25) is 0 Å². The lowest BCUT2D eigenvalue weighted by molar-refractivity contribution is 0.391. The summed E-state index contributed by atoms with van der Waals surface area (Å²) in [5.74, 6) is 1.63. The summed E-state index contributed by atoms with van der Waals surface area (Å²) in [6, 6.07) is 16.8. The van der Waals surface area contributed by atoms with E-state index >= 15 is 0 Å². The number of aliphatic imine (C=N–C) groups is 1. The van der Waals surface area contributed by atoms with Crippen LogP contribution in [-0.4, -0.2) is 10.8 Å². The minimum absolute atomic E-state index is 0.245. The molecule has 136 valence electrons. The predicted octanol–water partition coefficient (Wildman–Crippen LogP) is 7.48. The molecule has 0 unspecified atom stereocenters. The van der Waals surface area contributed by atoms with Gasteiger partial charge in [0.05, 0.1) is 10.7 Å². The number of thioether (sulfide) groups is 2. The van der Waals surface area contributed by atoms with Crippen LogP contribution in [0.3, 0.4) is 0 Å². The zero-order chi connectivity index (χ0) is 18.0. The molecule has 0 aromatic heterocycles. The second kappa shape index (κ2) is 10.6. The second-order valence-electron chi connectivity index (χ2n) is 6.48. The molecule has 0 bridgehead atoms. The summed E-state index contributed by atoms with van der Waals surface area (Å²) in [5, 5.41) is 3.02. The van der Waals surface area contributed by atoms with E-state index in [1.165, 1.54) is 49.1 Å². The van der Waals surface area contributed by atoms with Gasteiger partial charge in [0.2, 0.25) is 0 Å². The summed E-state index contributed by atoms with van der Waals surface area (Å²) < 4.78 is 13.5. The van der Waals surface area contributed by atoms with Crippen LogP contribution in [0.1, 0.15) is 32.1 Å². The van der Waals surface area contributed by atoms with Gasteiger partial charge in [-0.15, -0.1) is 11.8 Å². The fraction of sp³-hybridized carbons (Fsp3) is 0.318. The molecule has 1 aliphatic rings. The molecule has 26 heavy (non-hydrogen) atoms. The topological polar surface area (TPSA) is 12.4 Å². The molecule has 2 aromatic carbocycles. The molecule has 4 heteroatoms. The van der Waals surface area contributed by atoms with Crippen molar-refractivity contribution in [2.75, 3.05) is 5.75 Å². The standard InChI is InChI=1S/C22H24FNS2/c23-19-10-7-11-20(16-19)24-22(26-17-18-8-3-1-4-9-18)14-15-25-21-12-5-2-6-13-21/h2,5-7,10-16,18H,1,3-4,8-9,17H2. The predicted molar refractivity (Wildman–Crippen MR) is 114 cm³/mol. The number of rotatable bonds is 6. The molecule has 2 aromatic rings. The number of hydrogen-bond donors (Lipinski definition) is 0. The van der Waals surface area contributed by atoms with Gasteiger partial charge in [0.15, 0.2) is 0 Å². The Bertz CT molecular complexity index is 737. The maximum Gasteiger partial charge on any atom is 0.125 e. The van der Waals surface area contributed by atoms with Crippen LogP contribution in [0.25, 0.3) is 0 Å². The Kier molecular flexibility index (Phi) is 7.84. The van der Waals surface area contributed by atoms with E-state index in [1.54, 1.807) is 29.6 Å². The normalized spacial score (nSPS) is 16.3. The van der Waals surface area contributed by atoms with Gasteiger partial charge in [0.1, 0.15) is 5.82 Å². The largest absolute Gasteiger partial charge is 0.242 e. The van der Waals surface area contributed by atoms with E-state index in [0.717, 1.165) is 16.7 Å². The Morgan fingerprint density at radius 2 is 1.85 bits per heavy atom. The maximum atomic E-state index is 13.5. The van der Waals surface area contributed by atoms with Gasteiger partial charge in [0.25, 0.3) is 0 Å². The van der Waals surface area contributed by atoms with Crippen molar-refractivity contribution < 1.29 is 4.39 Å². The van der Waals surface area contributed by atoms with Gasteiger partial charge in [-0.05, 0) is 60.6 Å². The quantitative estimate of drug-likeness (QED) is 0.290. The number of benzene rings is 2. The Morgan fingerprint density at radius 1 is 1.04 bits per heavy atom. The highest BCUT2D eigenvalue weighted by atomic mass is 32.2. The van der Waals surface area contributed by atoms with Crippen molar-refractivity contribution in [2.24, 2.45) is 10.9 Å². The lowest BCUT2D eigenvalue weighted by atomic mass is 9.91. The molecule has 0 heterocycles. The Hall–Kier alpha value is -1.52. The molecule has 0 radical (unpaired) electrons. The van der Waals surface area contributed by atoms with Crippen LogP contribution in [0.15, 0.2) is 76.0 Å². The van der Waals surface area contributed by atoms with Gasteiger partial charge in [0, 0.05) is 10.6 Å². The third-order valence-electron chi connectivity index (χ3n) is 4.40. The van der Waals surface area contributed by atoms with E-state index in [9.17, 15) is 4.39 Å². The number of halogens is 1. The van der Waals surface area contributed by atoms with Crippen LogP contribution < -0.4 is 0 Å².